The van der Waals surface area contributed by atoms with E-state index in [0.29, 0.717) is 13.1 Å². The number of hydrogen-bond acceptors (Lipinski definition) is 6. The summed E-state index contributed by atoms with van der Waals surface area (Å²) in [5.74, 6) is 1.60. The van der Waals surface area contributed by atoms with Crippen LogP contribution in [0.4, 0.5) is 16.4 Å². The molecule has 29 heavy (non-hydrogen) atoms. The molecule has 0 saturated carbocycles. The van der Waals surface area contributed by atoms with Crippen molar-refractivity contribution in [3.8, 4) is 5.75 Å². The molecular formula is C21H28N6O2. The van der Waals surface area contributed by atoms with Gasteiger partial charge in [-0.05, 0) is 43.2 Å². The van der Waals surface area contributed by atoms with E-state index in [1.165, 1.54) is 5.69 Å². The van der Waals surface area contributed by atoms with E-state index in [9.17, 15) is 4.79 Å². The summed E-state index contributed by atoms with van der Waals surface area (Å²) in [6.45, 7) is 4.77. The first kappa shape index (κ1) is 19.3. The molecule has 2 amide bonds. The van der Waals surface area contributed by atoms with E-state index in [4.69, 9.17) is 4.74 Å². The number of rotatable bonds is 4. The Balaban J connectivity index is 1.22. The average Bonchev–Trinajstić information content (AvgIpc) is 2.80. The van der Waals surface area contributed by atoms with Crippen molar-refractivity contribution in [3.05, 3.63) is 42.7 Å². The third-order valence-corrected chi connectivity index (χ3v) is 5.66. The lowest BCUT2D eigenvalue weighted by molar-refractivity contribution is 0.188. The van der Waals surface area contributed by atoms with Gasteiger partial charge in [0.2, 0.25) is 5.95 Å². The van der Waals surface area contributed by atoms with Crippen LogP contribution in [-0.4, -0.2) is 73.3 Å². The minimum absolute atomic E-state index is 0.0431. The van der Waals surface area contributed by atoms with Crippen LogP contribution in [0.15, 0.2) is 42.7 Å². The van der Waals surface area contributed by atoms with Crippen LogP contribution in [0.1, 0.15) is 12.8 Å². The lowest BCUT2D eigenvalue weighted by Crippen LogP contribution is -2.55. The van der Waals surface area contributed by atoms with Crippen LogP contribution in [0.5, 0.6) is 5.75 Å². The second-order valence-electron chi connectivity index (χ2n) is 7.43. The first-order valence-corrected chi connectivity index (χ1v) is 10.2. The average molecular weight is 396 g/mol. The van der Waals surface area contributed by atoms with Crippen molar-refractivity contribution < 1.29 is 9.53 Å². The van der Waals surface area contributed by atoms with Crippen LogP contribution in [-0.2, 0) is 0 Å². The second kappa shape index (κ2) is 8.98. The fraction of sp³-hybridized carbons (Fsp3) is 0.476. The fourth-order valence-corrected chi connectivity index (χ4v) is 3.91. The van der Waals surface area contributed by atoms with Crippen molar-refractivity contribution in [2.75, 3.05) is 56.2 Å². The third kappa shape index (κ3) is 4.70. The summed E-state index contributed by atoms with van der Waals surface area (Å²) in [4.78, 5) is 27.6. The van der Waals surface area contributed by atoms with E-state index in [1.54, 1.807) is 19.5 Å². The number of piperidine rings is 1. The van der Waals surface area contributed by atoms with E-state index in [0.717, 1.165) is 50.7 Å². The largest absolute Gasteiger partial charge is 0.497 e. The minimum atomic E-state index is 0.0431. The SMILES string of the molecule is COc1ccc(N2CCC(NC(=O)N3CCN(c4ncccn4)CC3)CC2)cc1. The second-order valence-corrected chi connectivity index (χ2v) is 7.43. The predicted octanol–water partition coefficient (Wildman–Crippen LogP) is 1.99. The molecule has 1 aromatic heterocycles. The monoisotopic (exact) mass is 396 g/mol. The number of aromatic nitrogens is 2. The zero-order chi connectivity index (χ0) is 20.1. The van der Waals surface area contributed by atoms with Crippen LogP contribution in [0, 0.1) is 0 Å². The number of piperazine rings is 1. The van der Waals surface area contributed by atoms with E-state index < -0.39 is 0 Å². The van der Waals surface area contributed by atoms with Gasteiger partial charge in [-0.15, -0.1) is 0 Å². The van der Waals surface area contributed by atoms with E-state index >= 15 is 0 Å². The van der Waals surface area contributed by atoms with Crippen LogP contribution < -0.4 is 19.9 Å². The molecule has 1 N–H and O–H groups in total. The number of benzene rings is 1. The van der Waals surface area contributed by atoms with Gasteiger partial charge in [0.05, 0.1) is 7.11 Å². The molecule has 2 aliphatic heterocycles. The number of methoxy groups -OCH3 is 1. The number of hydrogen-bond donors (Lipinski definition) is 1. The minimum Gasteiger partial charge on any atom is -0.497 e. The number of carbonyl (C=O) groups is 1. The van der Waals surface area contributed by atoms with Gasteiger partial charge in [-0.1, -0.05) is 0 Å². The first-order valence-electron chi connectivity index (χ1n) is 10.2. The van der Waals surface area contributed by atoms with Gasteiger partial charge in [0.25, 0.3) is 0 Å². The van der Waals surface area contributed by atoms with Crippen molar-refractivity contribution in [1.82, 2.24) is 20.2 Å². The van der Waals surface area contributed by atoms with E-state index in [-0.39, 0.29) is 12.1 Å². The first-order chi connectivity index (χ1) is 14.2. The van der Waals surface area contributed by atoms with Gasteiger partial charge in [0.15, 0.2) is 0 Å². The van der Waals surface area contributed by atoms with Crippen LogP contribution >= 0.6 is 0 Å². The maximum atomic E-state index is 12.7. The Morgan fingerprint density at radius 2 is 1.62 bits per heavy atom. The van der Waals surface area contributed by atoms with Crippen LogP contribution in [0.3, 0.4) is 0 Å². The Hall–Kier alpha value is -3.03. The van der Waals surface area contributed by atoms with Crippen molar-refractivity contribution in [1.29, 1.82) is 0 Å². The third-order valence-electron chi connectivity index (χ3n) is 5.66. The number of nitrogens with one attached hydrogen (secondary N) is 1. The Labute approximate surface area is 171 Å². The molecule has 154 valence electrons. The summed E-state index contributed by atoms with van der Waals surface area (Å²) in [6.07, 6.45) is 5.41. The van der Waals surface area contributed by atoms with Gasteiger partial charge in [-0.25, -0.2) is 14.8 Å². The van der Waals surface area contributed by atoms with Gasteiger partial charge >= 0.3 is 6.03 Å². The summed E-state index contributed by atoms with van der Waals surface area (Å²) >= 11 is 0. The van der Waals surface area contributed by atoms with Crippen molar-refractivity contribution in [2.45, 2.75) is 18.9 Å². The summed E-state index contributed by atoms with van der Waals surface area (Å²) in [5, 5.41) is 3.22. The van der Waals surface area contributed by atoms with Gasteiger partial charge in [-0.3, -0.25) is 0 Å². The van der Waals surface area contributed by atoms with E-state index in [1.807, 2.05) is 23.1 Å². The summed E-state index contributed by atoms with van der Waals surface area (Å²) in [6, 6.07) is 10.2. The standard InChI is InChI=1S/C21H28N6O2/c1-29-19-5-3-18(4-6-19)25-11-7-17(8-12-25)24-21(28)27-15-13-26(14-16-27)20-22-9-2-10-23-20/h2-6,9-10,17H,7-8,11-16H2,1H3,(H,24,28). The maximum Gasteiger partial charge on any atom is 0.317 e. The highest BCUT2D eigenvalue weighted by molar-refractivity contribution is 5.75. The quantitative estimate of drug-likeness (QED) is 0.852. The molecule has 1 aromatic carbocycles. The lowest BCUT2D eigenvalue weighted by atomic mass is 10.0. The molecule has 0 unspecified atom stereocenters. The molecule has 0 radical (unpaired) electrons. The molecule has 0 atom stereocenters. The van der Waals surface area contributed by atoms with Gasteiger partial charge in [0, 0.05) is 63.4 Å². The van der Waals surface area contributed by atoms with Crippen molar-refractivity contribution in [2.24, 2.45) is 0 Å². The molecule has 2 aliphatic rings. The van der Waals surface area contributed by atoms with E-state index in [2.05, 4.69) is 37.2 Å². The fourth-order valence-electron chi connectivity index (χ4n) is 3.91. The Kier molecular flexibility index (Phi) is 5.97. The number of amides is 2. The highest BCUT2D eigenvalue weighted by atomic mass is 16.5. The van der Waals surface area contributed by atoms with Gasteiger partial charge in [0.1, 0.15) is 5.75 Å². The molecule has 2 aromatic rings. The number of anilines is 2. The molecule has 3 heterocycles. The lowest BCUT2D eigenvalue weighted by Gasteiger charge is -2.37. The Morgan fingerprint density at radius 1 is 0.966 bits per heavy atom. The highest BCUT2D eigenvalue weighted by Crippen LogP contribution is 2.23. The molecule has 4 rings (SSSR count). The smallest absolute Gasteiger partial charge is 0.317 e. The molecule has 8 nitrogen and oxygen atoms in total. The van der Waals surface area contributed by atoms with Crippen LogP contribution in [0.2, 0.25) is 0 Å². The number of ether oxygens (including phenoxy) is 1. The highest BCUT2D eigenvalue weighted by Gasteiger charge is 2.26. The molecule has 0 bridgehead atoms. The Morgan fingerprint density at radius 3 is 2.24 bits per heavy atom. The van der Waals surface area contributed by atoms with Crippen molar-refractivity contribution >= 4 is 17.7 Å². The van der Waals surface area contributed by atoms with Crippen LogP contribution in [0.25, 0.3) is 0 Å². The van der Waals surface area contributed by atoms with Gasteiger partial charge in [-0.2, -0.15) is 0 Å². The summed E-state index contributed by atoms with van der Waals surface area (Å²) in [7, 11) is 1.68. The summed E-state index contributed by atoms with van der Waals surface area (Å²) < 4.78 is 5.23. The summed E-state index contributed by atoms with van der Waals surface area (Å²) in [5.41, 5.74) is 1.20. The maximum absolute atomic E-state index is 12.7. The predicted molar refractivity (Wildman–Crippen MR) is 113 cm³/mol. The Bertz CT molecular complexity index is 785. The normalized spacial score (nSPS) is 17.9. The molecule has 2 fully saturated rings. The molecule has 2 saturated heterocycles. The van der Waals surface area contributed by atoms with Crippen molar-refractivity contribution in [3.63, 3.8) is 0 Å². The zero-order valence-corrected chi connectivity index (χ0v) is 16.8. The topological polar surface area (TPSA) is 73.8 Å². The number of carbonyl (C=O) groups excluding carboxylic acids is 1. The number of nitrogens with zero attached hydrogens (tertiary/aromatic N) is 5. The molecule has 8 heteroatoms. The number of urea groups is 1. The molecule has 0 aliphatic carbocycles. The zero-order valence-electron chi connectivity index (χ0n) is 16.8. The molecular weight excluding hydrogens is 368 g/mol. The molecule has 0 spiro atoms. The van der Waals surface area contributed by atoms with Gasteiger partial charge < -0.3 is 24.8 Å².